The van der Waals surface area contributed by atoms with Crippen LogP contribution in [0, 0.1) is 23.3 Å². The Kier molecular flexibility index (Phi) is 8.80. The van der Waals surface area contributed by atoms with Gasteiger partial charge in [0.1, 0.15) is 41.1 Å². The fraction of sp³-hybridized carbons (Fsp3) is 0.265. The van der Waals surface area contributed by atoms with E-state index < -0.39 is 58.5 Å². The number of esters is 1. The Labute approximate surface area is 286 Å². The lowest BCUT2D eigenvalue weighted by Gasteiger charge is -2.37. The Balaban J connectivity index is 1.13. The average Bonchev–Trinajstić information content (AvgIpc) is 3.79. The van der Waals surface area contributed by atoms with Crippen molar-refractivity contribution in [1.82, 2.24) is 14.7 Å². The molecule has 0 saturated carbocycles. The van der Waals surface area contributed by atoms with Gasteiger partial charge in [0.15, 0.2) is 17.3 Å². The van der Waals surface area contributed by atoms with Crippen molar-refractivity contribution >= 4 is 40.3 Å². The van der Waals surface area contributed by atoms with Crippen LogP contribution >= 0.6 is 0 Å². The zero-order chi connectivity index (χ0) is 36.0. The van der Waals surface area contributed by atoms with Crippen LogP contribution in [0.3, 0.4) is 0 Å². The SMILES string of the molecule is CCOC(=O)c1cn(-c2ccc(F)cc2F)c2nc(N3CCN(c4ccc(N5CC([C@@H](N)c6ccon6)OC5=O)cc4F)CC3)c(F)cc2c1=O. The second kappa shape index (κ2) is 13.4. The lowest BCUT2D eigenvalue weighted by Crippen LogP contribution is -2.47. The number of ether oxygens (including phenoxy) is 2. The van der Waals surface area contributed by atoms with Gasteiger partial charge in [-0.3, -0.25) is 14.3 Å². The number of pyridine rings is 2. The molecule has 0 spiro atoms. The van der Waals surface area contributed by atoms with E-state index in [-0.39, 0.29) is 73.2 Å². The van der Waals surface area contributed by atoms with Gasteiger partial charge in [0.25, 0.3) is 0 Å². The maximum absolute atomic E-state index is 15.7. The predicted octanol–water partition coefficient (Wildman–Crippen LogP) is 4.46. The van der Waals surface area contributed by atoms with Crippen molar-refractivity contribution in [1.29, 1.82) is 0 Å². The molecule has 5 heterocycles. The number of benzene rings is 2. The highest BCUT2D eigenvalue weighted by molar-refractivity contribution is 5.94. The number of nitrogens with two attached hydrogens (primary N) is 1. The van der Waals surface area contributed by atoms with Gasteiger partial charge in [-0.2, -0.15) is 0 Å². The summed E-state index contributed by atoms with van der Waals surface area (Å²) >= 11 is 0. The summed E-state index contributed by atoms with van der Waals surface area (Å²) in [6.45, 7) is 2.36. The third kappa shape index (κ3) is 6.20. The first-order chi connectivity index (χ1) is 24.5. The number of carbonyl (C=O) groups is 2. The van der Waals surface area contributed by atoms with Crippen molar-refractivity contribution in [3.8, 4) is 5.69 Å². The number of rotatable bonds is 8. The lowest BCUT2D eigenvalue weighted by atomic mass is 10.1. The van der Waals surface area contributed by atoms with Gasteiger partial charge in [0.05, 0.1) is 41.6 Å². The molecule has 5 aromatic rings. The van der Waals surface area contributed by atoms with E-state index in [0.717, 1.165) is 29.0 Å². The summed E-state index contributed by atoms with van der Waals surface area (Å²) in [5.74, 6) is -4.51. The molecule has 3 aromatic heterocycles. The van der Waals surface area contributed by atoms with E-state index in [1.165, 1.54) is 30.2 Å². The van der Waals surface area contributed by atoms with E-state index in [2.05, 4.69) is 10.1 Å². The van der Waals surface area contributed by atoms with Gasteiger partial charge in [-0.15, -0.1) is 0 Å². The van der Waals surface area contributed by atoms with E-state index >= 15 is 13.2 Å². The second-order valence-electron chi connectivity index (χ2n) is 11.8. The Morgan fingerprint density at radius 3 is 2.37 bits per heavy atom. The Morgan fingerprint density at radius 2 is 1.69 bits per heavy atom. The molecule has 51 heavy (non-hydrogen) atoms. The van der Waals surface area contributed by atoms with Crippen LogP contribution in [0.4, 0.5) is 39.5 Å². The number of hydrogen-bond acceptors (Lipinski definition) is 11. The maximum Gasteiger partial charge on any atom is 0.414 e. The first-order valence-electron chi connectivity index (χ1n) is 15.9. The summed E-state index contributed by atoms with van der Waals surface area (Å²) in [4.78, 5) is 47.5. The first kappa shape index (κ1) is 33.5. The molecule has 0 aliphatic carbocycles. The summed E-state index contributed by atoms with van der Waals surface area (Å²) in [5, 5.41) is 3.47. The van der Waals surface area contributed by atoms with Gasteiger partial charge in [-0.1, -0.05) is 5.16 Å². The number of piperazine rings is 1. The highest BCUT2D eigenvalue weighted by atomic mass is 19.1. The number of nitrogens with zero attached hydrogens (tertiary/aromatic N) is 6. The summed E-state index contributed by atoms with van der Waals surface area (Å²) < 4.78 is 76.2. The lowest BCUT2D eigenvalue weighted by molar-refractivity contribution is 0.0524. The van der Waals surface area contributed by atoms with E-state index in [0.29, 0.717) is 11.8 Å². The third-order valence-electron chi connectivity index (χ3n) is 8.78. The minimum Gasteiger partial charge on any atom is -0.462 e. The zero-order valence-electron chi connectivity index (χ0n) is 26.9. The molecule has 0 radical (unpaired) electrons. The van der Waals surface area contributed by atoms with Crippen LogP contribution < -0.4 is 25.9 Å². The Morgan fingerprint density at radius 1 is 0.961 bits per heavy atom. The number of amides is 1. The van der Waals surface area contributed by atoms with Gasteiger partial charge in [-0.25, -0.2) is 32.1 Å². The van der Waals surface area contributed by atoms with E-state index in [1.54, 1.807) is 21.9 Å². The second-order valence-corrected chi connectivity index (χ2v) is 11.8. The van der Waals surface area contributed by atoms with Crippen LogP contribution in [0.25, 0.3) is 16.7 Å². The first-order valence-corrected chi connectivity index (χ1v) is 15.9. The van der Waals surface area contributed by atoms with Crippen LogP contribution in [0.5, 0.6) is 0 Å². The van der Waals surface area contributed by atoms with Crippen LogP contribution in [0.15, 0.2) is 70.3 Å². The molecule has 1 amide bonds. The molecule has 2 saturated heterocycles. The van der Waals surface area contributed by atoms with Crippen LogP contribution in [-0.2, 0) is 9.47 Å². The summed E-state index contributed by atoms with van der Waals surface area (Å²) in [6, 6.07) is 8.80. The molecule has 1 unspecified atom stereocenters. The van der Waals surface area contributed by atoms with Crippen molar-refractivity contribution in [3.63, 3.8) is 0 Å². The normalized spacial score (nSPS) is 16.9. The summed E-state index contributed by atoms with van der Waals surface area (Å²) in [7, 11) is 0. The van der Waals surface area contributed by atoms with Crippen molar-refractivity contribution in [2.75, 3.05) is 54.0 Å². The van der Waals surface area contributed by atoms with Crippen LogP contribution in [0.2, 0.25) is 0 Å². The molecule has 264 valence electrons. The topological polar surface area (TPSA) is 149 Å². The standard InChI is InChI=1S/C34H29F4N7O6/c1-2-49-33(47)21-16-45(27-5-3-18(35)13-22(27)36)31-20(30(21)46)15-24(38)32(40-31)43-10-8-42(9-11-43)26-6-4-19(14-23(26)37)44-17-28(51-34(44)48)29(39)25-7-12-50-41-25/h3-7,12-16,28-29H,2,8-11,17,39H2,1H3/t28?,29-/m0/s1. The number of cyclic esters (lactones) is 1. The maximum atomic E-state index is 15.7. The van der Waals surface area contributed by atoms with E-state index in [1.807, 2.05) is 0 Å². The fourth-order valence-electron chi connectivity index (χ4n) is 6.20. The average molecular weight is 708 g/mol. The van der Waals surface area contributed by atoms with Gasteiger partial charge in [-0.05, 0) is 43.3 Å². The molecule has 0 bridgehead atoms. The van der Waals surface area contributed by atoms with Crippen LogP contribution in [0.1, 0.15) is 29.0 Å². The van der Waals surface area contributed by atoms with Gasteiger partial charge in [0, 0.05) is 44.5 Å². The monoisotopic (exact) mass is 707 g/mol. The number of anilines is 3. The minimum atomic E-state index is -1.01. The molecule has 2 aliphatic rings. The quantitative estimate of drug-likeness (QED) is 0.180. The Hall–Kier alpha value is -5.97. The predicted molar refractivity (Wildman–Crippen MR) is 175 cm³/mol. The van der Waals surface area contributed by atoms with Crippen molar-refractivity contribution in [2.24, 2.45) is 5.73 Å². The smallest absolute Gasteiger partial charge is 0.414 e. The van der Waals surface area contributed by atoms with Crippen molar-refractivity contribution in [3.05, 3.63) is 106 Å². The highest BCUT2D eigenvalue weighted by Crippen LogP contribution is 2.32. The van der Waals surface area contributed by atoms with E-state index in [4.69, 9.17) is 19.7 Å². The molecular formula is C34H29F4N7O6. The van der Waals surface area contributed by atoms with Crippen LogP contribution in [-0.4, -0.2) is 72.2 Å². The molecule has 13 nitrogen and oxygen atoms in total. The van der Waals surface area contributed by atoms with Gasteiger partial charge in [0.2, 0.25) is 5.43 Å². The molecule has 7 rings (SSSR count). The number of aromatic nitrogens is 3. The number of carbonyl (C=O) groups excluding carboxylic acids is 2. The molecule has 17 heteroatoms. The molecule has 2 aromatic carbocycles. The third-order valence-corrected chi connectivity index (χ3v) is 8.78. The number of hydrogen-bond donors (Lipinski definition) is 1. The zero-order valence-corrected chi connectivity index (χ0v) is 26.9. The minimum absolute atomic E-state index is 0.0546. The summed E-state index contributed by atoms with van der Waals surface area (Å²) in [5.41, 5.74) is 5.32. The Bertz CT molecular complexity index is 2210. The van der Waals surface area contributed by atoms with Gasteiger partial charge >= 0.3 is 12.1 Å². The molecule has 2 N–H and O–H groups in total. The number of fused-ring (bicyclic) bond motifs is 1. The van der Waals surface area contributed by atoms with Gasteiger partial charge < -0.3 is 29.5 Å². The molecule has 2 atom stereocenters. The largest absolute Gasteiger partial charge is 0.462 e. The fourth-order valence-corrected chi connectivity index (χ4v) is 6.20. The molecule has 2 fully saturated rings. The van der Waals surface area contributed by atoms with E-state index in [9.17, 15) is 18.8 Å². The highest BCUT2D eigenvalue weighted by Gasteiger charge is 2.38. The molecule has 2 aliphatic heterocycles. The van der Waals surface area contributed by atoms with Crippen molar-refractivity contribution in [2.45, 2.75) is 19.1 Å². The number of halogens is 4. The molecular weight excluding hydrogens is 678 g/mol. The van der Waals surface area contributed by atoms with Crippen molar-refractivity contribution < 1.29 is 41.1 Å². The summed E-state index contributed by atoms with van der Waals surface area (Å²) in [6.07, 6.45) is 0.971.